The van der Waals surface area contributed by atoms with Gasteiger partial charge in [-0.3, -0.25) is 0 Å². The molecular weight excluding hydrogens is 298 g/mol. The highest BCUT2D eigenvalue weighted by Crippen LogP contribution is 2.23. The van der Waals surface area contributed by atoms with Crippen LogP contribution in [0.3, 0.4) is 0 Å². The number of anilines is 1. The maximum atomic E-state index is 11.8. The quantitative estimate of drug-likeness (QED) is 0.511. The van der Waals surface area contributed by atoms with Gasteiger partial charge in [-0.05, 0) is 18.1 Å². The highest BCUT2D eigenvalue weighted by molar-refractivity contribution is 6.15. The monoisotopic (exact) mass is 319 g/mol. The summed E-state index contributed by atoms with van der Waals surface area (Å²) in [4.78, 5) is 23.7. The van der Waals surface area contributed by atoms with Crippen molar-refractivity contribution < 1.29 is 23.8 Å². The maximum Gasteiger partial charge on any atom is 0.350 e. The predicted molar refractivity (Wildman–Crippen MR) is 84.7 cm³/mol. The Bertz CT molecular complexity index is 612. The summed E-state index contributed by atoms with van der Waals surface area (Å²) in [6, 6.07) is 7.23. The van der Waals surface area contributed by atoms with Gasteiger partial charge in [0.15, 0.2) is 5.57 Å². The van der Waals surface area contributed by atoms with E-state index in [1.807, 2.05) is 12.1 Å². The molecule has 0 unspecified atom stereocenters. The Hall–Kier alpha value is -2.50. The van der Waals surface area contributed by atoms with Crippen LogP contribution in [0.15, 0.2) is 36.0 Å². The third kappa shape index (κ3) is 4.74. The Morgan fingerprint density at radius 1 is 1.22 bits per heavy atom. The number of carbonyl (C=O) groups is 2. The van der Waals surface area contributed by atoms with Gasteiger partial charge in [0.05, 0.1) is 6.61 Å². The van der Waals surface area contributed by atoms with Crippen molar-refractivity contribution in [2.45, 2.75) is 33.5 Å². The van der Waals surface area contributed by atoms with Crippen molar-refractivity contribution in [3.05, 3.63) is 36.0 Å². The number of esters is 2. The lowest BCUT2D eigenvalue weighted by Gasteiger charge is -2.29. The van der Waals surface area contributed by atoms with E-state index in [1.165, 1.54) is 20.0 Å². The zero-order valence-electron chi connectivity index (χ0n) is 13.7. The second-order valence-corrected chi connectivity index (χ2v) is 6.11. The molecule has 1 saturated heterocycles. The Balaban J connectivity index is 2.06. The molecule has 0 aromatic heterocycles. The number of nitrogens with one attached hydrogen (secondary N) is 1. The summed E-state index contributed by atoms with van der Waals surface area (Å²) >= 11 is 0. The van der Waals surface area contributed by atoms with Crippen LogP contribution >= 0.6 is 0 Å². The molecule has 2 rings (SSSR count). The molecule has 6 heteroatoms. The van der Waals surface area contributed by atoms with E-state index in [2.05, 4.69) is 19.2 Å². The standard InChI is InChI=1S/C17H21NO5/c1-11(2)10-21-13-7-5-6-12(8-13)18-9-14-15(19)22-17(3,4)23-16(14)20/h5-9,11,18H,10H2,1-4H3. The van der Waals surface area contributed by atoms with Crippen LogP contribution in [0.4, 0.5) is 5.69 Å². The molecule has 1 fully saturated rings. The number of benzene rings is 1. The van der Waals surface area contributed by atoms with E-state index in [4.69, 9.17) is 14.2 Å². The first-order valence-electron chi connectivity index (χ1n) is 7.43. The smallest absolute Gasteiger partial charge is 0.350 e. The van der Waals surface area contributed by atoms with Crippen molar-refractivity contribution in [1.82, 2.24) is 0 Å². The van der Waals surface area contributed by atoms with Crippen LogP contribution < -0.4 is 10.1 Å². The number of carbonyl (C=O) groups excluding carboxylic acids is 2. The largest absolute Gasteiger partial charge is 0.493 e. The average Bonchev–Trinajstić information content (AvgIpc) is 2.43. The van der Waals surface area contributed by atoms with E-state index in [1.54, 1.807) is 12.1 Å². The molecule has 0 bridgehead atoms. The highest BCUT2D eigenvalue weighted by Gasteiger charge is 2.38. The van der Waals surface area contributed by atoms with Crippen molar-refractivity contribution in [2.75, 3.05) is 11.9 Å². The molecule has 0 aliphatic carbocycles. The lowest BCUT2D eigenvalue weighted by molar-refractivity contribution is -0.222. The van der Waals surface area contributed by atoms with Gasteiger partial charge in [-0.15, -0.1) is 0 Å². The lowest BCUT2D eigenvalue weighted by Crippen LogP contribution is -2.42. The zero-order valence-corrected chi connectivity index (χ0v) is 13.7. The van der Waals surface area contributed by atoms with Gasteiger partial charge < -0.3 is 19.5 Å². The minimum absolute atomic E-state index is 0.183. The van der Waals surface area contributed by atoms with E-state index in [9.17, 15) is 9.59 Å². The molecule has 1 N–H and O–H groups in total. The maximum absolute atomic E-state index is 11.8. The van der Waals surface area contributed by atoms with Gasteiger partial charge >= 0.3 is 11.9 Å². The Kier molecular flexibility index (Phi) is 4.93. The molecule has 1 aromatic carbocycles. The number of rotatable bonds is 5. The highest BCUT2D eigenvalue weighted by atomic mass is 16.7. The summed E-state index contributed by atoms with van der Waals surface area (Å²) < 4.78 is 15.7. The fraction of sp³-hybridized carbons (Fsp3) is 0.412. The van der Waals surface area contributed by atoms with Gasteiger partial charge in [0.25, 0.3) is 5.79 Å². The first-order chi connectivity index (χ1) is 10.8. The molecule has 1 aliphatic heterocycles. The molecule has 6 nitrogen and oxygen atoms in total. The van der Waals surface area contributed by atoms with Gasteiger partial charge in [-0.25, -0.2) is 9.59 Å². The Morgan fingerprint density at radius 3 is 2.48 bits per heavy atom. The van der Waals surface area contributed by atoms with Crippen LogP contribution in [0.25, 0.3) is 0 Å². The molecule has 23 heavy (non-hydrogen) atoms. The Labute approximate surface area is 135 Å². The molecule has 1 aliphatic rings. The molecular formula is C17H21NO5. The second-order valence-electron chi connectivity index (χ2n) is 6.11. The summed E-state index contributed by atoms with van der Waals surface area (Å²) in [5.41, 5.74) is 0.502. The number of hydrogen-bond donors (Lipinski definition) is 1. The first-order valence-corrected chi connectivity index (χ1v) is 7.43. The Morgan fingerprint density at radius 2 is 1.87 bits per heavy atom. The van der Waals surface area contributed by atoms with E-state index in [0.29, 0.717) is 24.0 Å². The number of cyclic esters (lactones) is 2. The van der Waals surface area contributed by atoms with E-state index in [0.717, 1.165) is 0 Å². The van der Waals surface area contributed by atoms with Gasteiger partial charge in [0.1, 0.15) is 5.75 Å². The van der Waals surface area contributed by atoms with E-state index < -0.39 is 17.7 Å². The fourth-order valence-corrected chi connectivity index (χ4v) is 1.87. The second kappa shape index (κ2) is 6.73. The zero-order chi connectivity index (χ0) is 17.0. The number of ether oxygens (including phenoxy) is 3. The van der Waals surface area contributed by atoms with Crippen molar-refractivity contribution in [3.63, 3.8) is 0 Å². The fourth-order valence-electron chi connectivity index (χ4n) is 1.87. The van der Waals surface area contributed by atoms with E-state index in [-0.39, 0.29) is 5.57 Å². The summed E-state index contributed by atoms with van der Waals surface area (Å²) in [5, 5.41) is 2.89. The molecule has 1 heterocycles. The van der Waals surface area contributed by atoms with Crippen molar-refractivity contribution >= 4 is 17.6 Å². The van der Waals surface area contributed by atoms with Crippen LogP contribution in [0.5, 0.6) is 5.75 Å². The molecule has 0 radical (unpaired) electrons. The van der Waals surface area contributed by atoms with Crippen molar-refractivity contribution in [3.8, 4) is 5.75 Å². The molecule has 0 spiro atoms. The normalized spacial score (nSPS) is 16.7. The molecule has 124 valence electrons. The first kappa shape index (κ1) is 16.9. The van der Waals surface area contributed by atoms with E-state index >= 15 is 0 Å². The van der Waals surface area contributed by atoms with Crippen LogP contribution in [-0.2, 0) is 19.1 Å². The third-order valence-corrected chi connectivity index (χ3v) is 2.92. The summed E-state index contributed by atoms with van der Waals surface area (Å²) in [6.45, 7) is 7.74. The topological polar surface area (TPSA) is 73.9 Å². The summed E-state index contributed by atoms with van der Waals surface area (Å²) in [6.07, 6.45) is 1.28. The van der Waals surface area contributed by atoms with Crippen molar-refractivity contribution in [1.29, 1.82) is 0 Å². The van der Waals surface area contributed by atoms with Crippen LogP contribution in [-0.4, -0.2) is 24.3 Å². The van der Waals surface area contributed by atoms with Gasteiger partial charge in [-0.1, -0.05) is 19.9 Å². The minimum Gasteiger partial charge on any atom is -0.493 e. The molecule has 0 amide bonds. The molecule has 1 aromatic rings. The predicted octanol–water partition coefficient (Wildman–Crippen LogP) is 2.85. The van der Waals surface area contributed by atoms with Crippen LogP contribution in [0, 0.1) is 5.92 Å². The van der Waals surface area contributed by atoms with Crippen LogP contribution in [0.2, 0.25) is 0 Å². The van der Waals surface area contributed by atoms with Gasteiger partial charge in [0.2, 0.25) is 0 Å². The minimum atomic E-state index is -1.24. The summed E-state index contributed by atoms with van der Waals surface area (Å²) in [5.74, 6) is -1.55. The third-order valence-electron chi connectivity index (χ3n) is 2.92. The van der Waals surface area contributed by atoms with Gasteiger partial charge in [0, 0.05) is 31.8 Å². The number of hydrogen-bond acceptors (Lipinski definition) is 6. The molecule has 0 atom stereocenters. The molecule has 0 saturated carbocycles. The summed E-state index contributed by atoms with van der Waals surface area (Å²) in [7, 11) is 0. The lowest BCUT2D eigenvalue weighted by atomic mass is 10.2. The average molecular weight is 319 g/mol. The van der Waals surface area contributed by atoms with Crippen molar-refractivity contribution in [2.24, 2.45) is 5.92 Å². The SMILES string of the molecule is CC(C)COc1cccc(NC=C2C(=O)OC(C)(C)OC2=O)c1. The van der Waals surface area contributed by atoms with Gasteiger partial charge in [-0.2, -0.15) is 0 Å². The van der Waals surface area contributed by atoms with Crippen LogP contribution in [0.1, 0.15) is 27.7 Å².